The third kappa shape index (κ3) is 3.61. The number of nitrogens with two attached hydrogens (primary N) is 1. The van der Waals surface area contributed by atoms with Gasteiger partial charge in [-0.15, -0.1) is 0 Å². The van der Waals surface area contributed by atoms with E-state index in [1.807, 2.05) is 18.3 Å². The van der Waals surface area contributed by atoms with E-state index in [2.05, 4.69) is 22.5 Å². The van der Waals surface area contributed by atoms with Crippen molar-refractivity contribution in [1.29, 1.82) is 5.26 Å². The SMILES string of the molecule is CCC(N)Cc1nccn1Cc1ccc(C#N)c(OC)c1. The van der Waals surface area contributed by atoms with Crippen LogP contribution in [0.3, 0.4) is 0 Å². The Morgan fingerprint density at radius 2 is 2.29 bits per heavy atom. The van der Waals surface area contributed by atoms with E-state index in [4.69, 9.17) is 15.7 Å². The Morgan fingerprint density at radius 1 is 1.48 bits per heavy atom. The standard InChI is InChI=1S/C16H20N4O/c1-3-14(18)9-16-19-6-7-20(16)11-12-4-5-13(10-17)15(8-12)21-2/h4-8,14H,3,9,11,18H2,1-2H3. The first-order valence-corrected chi connectivity index (χ1v) is 7.00. The Morgan fingerprint density at radius 3 is 2.95 bits per heavy atom. The Hall–Kier alpha value is -2.32. The summed E-state index contributed by atoms with van der Waals surface area (Å²) in [6, 6.07) is 7.85. The van der Waals surface area contributed by atoms with Crippen LogP contribution < -0.4 is 10.5 Å². The van der Waals surface area contributed by atoms with Gasteiger partial charge in [-0.25, -0.2) is 4.98 Å². The number of aromatic nitrogens is 2. The molecule has 2 rings (SSSR count). The van der Waals surface area contributed by atoms with E-state index in [0.717, 1.165) is 24.2 Å². The van der Waals surface area contributed by atoms with Gasteiger partial charge < -0.3 is 15.0 Å². The summed E-state index contributed by atoms with van der Waals surface area (Å²) < 4.78 is 7.32. The molecule has 0 aliphatic heterocycles. The summed E-state index contributed by atoms with van der Waals surface area (Å²) >= 11 is 0. The molecule has 110 valence electrons. The number of nitriles is 1. The highest BCUT2D eigenvalue weighted by Gasteiger charge is 2.09. The fourth-order valence-corrected chi connectivity index (χ4v) is 2.18. The summed E-state index contributed by atoms with van der Waals surface area (Å²) in [5, 5.41) is 9.01. The lowest BCUT2D eigenvalue weighted by Gasteiger charge is -2.12. The minimum absolute atomic E-state index is 0.127. The van der Waals surface area contributed by atoms with E-state index in [1.54, 1.807) is 19.4 Å². The molecule has 0 spiro atoms. The van der Waals surface area contributed by atoms with E-state index in [0.29, 0.717) is 17.9 Å². The first-order valence-electron chi connectivity index (χ1n) is 7.00. The Bertz CT molecular complexity index is 642. The summed E-state index contributed by atoms with van der Waals surface area (Å²) in [6.07, 6.45) is 5.43. The number of hydrogen-bond acceptors (Lipinski definition) is 4. The highest BCUT2D eigenvalue weighted by molar-refractivity contribution is 5.45. The maximum absolute atomic E-state index is 9.01. The van der Waals surface area contributed by atoms with Gasteiger partial charge in [0, 0.05) is 31.4 Å². The topological polar surface area (TPSA) is 76.9 Å². The van der Waals surface area contributed by atoms with E-state index in [9.17, 15) is 0 Å². The zero-order valence-corrected chi connectivity index (χ0v) is 12.4. The average molecular weight is 284 g/mol. The molecule has 2 N–H and O–H groups in total. The molecule has 0 aliphatic rings. The molecule has 1 unspecified atom stereocenters. The lowest BCUT2D eigenvalue weighted by atomic mass is 10.1. The molecule has 0 bridgehead atoms. The molecule has 0 amide bonds. The summed E-state index contributed by atoms with van der Waals surface area (Å²) in [7, 11) is 1.57. The number of imidazole rings is 1. The molecule has 0 aliphatic carbocycles. The molecule has 21 heavy (non-hydrogen) atoms. The molecule has 5 heteroatoms. The van der Waals surface area contributed by atoms with Crippen molar-refractivity contribution < 1.29 is 4.74 Å². The van der Waals surface area contributed by atoms with Crippen LogP contribution in [0, 0.1) is 11.3 Å². The fourth-order valence-electron chi connectivity index (χ4n) is 2.18. The van der Waals surface area contributed by atoms with Crippen molar-refractivity contribution in [2.24, 2.45) is 5.73 Å². The predicted molar refractivity (Wildman–Crippen MR) is 81.0 cm³/mol. The van der Waals surface area contributed by atoms with E-state index in [-0.39, 0.29) is 6.04 Å². The first kappa shape index (κ1) is 15.1. The van der Waals surface area contributed by atoms with Gasteiger partial charge in [-0.2, -0.15) is 5.26 Å². The van der Waals surface area contributed by atoms with E-state index >= 15 is 0 Å². The molecule has 2 aromatic rings. The van der Waals surface area contributed by atoms with Crippen LogP contribution in [0.25, 0.3) is 0 Å². The summed E-state index contributed by atoms with van der Waals surface area (Å²) in [5.41, 5.74) is 7.61. The first-order chi connectivity index (χ1) is 10.2. The van der Waals surface area contributed by atoms with Crippen molar-refractivity contribution in [3.8, 4) is 11.8 Å². The van der Waals surface area contributed by atoms with Crippen molar-refractivity contribution >= 4 is 0 Å². The van der Waals surface area contributed by atoms with Crippen LogP contribution in [0.5, 0.6) is 5.75 Å². The van der Waals surface area contributed by atoms with Gasteiger partial charge in [0.15, 0.2) is 0 Å². The Labute approximate surface area is 125 Å². The number of benzene rings is 1. The van der Waals surface area contributed by atoms with E-state index in [1.165, 1.54) is 0 Å². The van der Waals surface area contributed by atoms with Crippen molar-refractivity contribution in [2.75, 3.05) is 7.11 Å². The van der Waals surface area contributed by atoms with Crippen LogP contribution >= 0.6 is 0 Å². The highest BCUT2D eigenvalue weighted by Crippen LogP contribution is 2.20. The summed E-state index contributed by atoms with van der Waals surface area (Å²) in [4.78, 5) is 4.38. The van der Waals surface area contributed by atoms with E-state index < -0.39 is 0 Å². The Balaban J connectivity index is 2.19. The quantitative estimate of drug-likeness (QED) is 0.881. The van der Waals surface area contributed by atoms with Crippen LogP contribution in [0.4, 0.5) is 0 Å². The number of rotatable bonds is 6. The van der Waals surface area contributed by atoms with Crippen LogP contribution in [0.15, 0.2) is 30.6 Å². The second-order valence-corrected chi connectivity index (χ2v) is 4.99. The molecule has 1 aromatic heterocycles. The van der Waals surface area contributed by atoms with Gasteiger partial charge in [0.25, 0.3) is 0 Å². The largest absolute Gasteiger partial charge is 0.495 e. The molecule has 1 heterocycles. The smallest absolute Gasteiger partial charge is 0.136 e. The van der Waals surface area contributed by atoms with Crippen LogP contribution in [-0.2, 0) is 13.0 Å². The molecule has 0 fully saturated rings. The maximum Gasteiger partial charge on any atom is 0.136 e. The van der Waals surface area contributed by atoms with Gasteiger partial charge in [0.05, 0.1) is 12.7 Å². The van der Waals surface area contributed by atoms with Gasteiger partial charge >= 0.3 is 0 Å². The van der Waals surface area contributed by atoms with Crippen LogP contribution in [-0.4, -0.2) is 22.7 Å². The number of methoxy groups -OCH3 is 1. The molecule has 1 atom stereocenters. The molecule has 0 saturated carbocycles. The second kappa shape index (κ2) is 6.91. The maximum atomic E-state index is 9.01. The van der Waals surface area contributed by atoms with Crippen molar-refractivity contribution in [2.45, 2.75) is 32.4 Å². The van der Waals surface area contributed by atoms with Gasteiger partial charge in [0.1, 0.15) is 17.6 Å². The monoisotopic (exact) mass is 284 g/mol. The summed E-state index contributed by atoms with van der Waals surface area (Å²) in [6.45, 7) is 2.76. The molecule has 0 saturated heterocycles. The number of nitrogens with zero attached hydrogens (tertiary/aromatic N) is 3. The highest BCUT2D eigenvalue weighted by atomic mass is 16.5. The third-order valence-corrected chi connectivity index (χ3v) is 3.51. The van der Waals surface area contributed by atoms with Gasteiger partial charge in [-0.1, -0.05) is 13.0 Å². The second-order valence-electron chi connectivity index (χ2n) is 4.99. The van der Waals surface area contributed by atoms with Crippen molar-refractivity contribution in [1.82, 2.24) is 9.55 Å². The zero-order valence-electron chi connectivity index (χ0n) is 12.4. The molecule has 0 radical (unpaired) electrons. The minimum Gasteiger partial charge on any atom is -0.495 e. The summed E-state index contributed by atoms with van der Waals surface area (Å²) in [5.74, 6) is 1.58. The van der Waals surface area contributed by atoms with Crippen LogP contribution in [0.2, 0.25) is 0 Å². The third-order valence-electron chi connectivity index (χ3n) is 3.51. The Kier molecular flexibility index (Phi) is 4.96. The van der Waals surface area contributed by atoms with Gasteiger partial charge in [-0.05, 0) is 24.1 Å². The normalized spacial score (nSPS) is 11.9. The number of hydrogen-bond donors (Lipinski definition) is 1. The predicted octanol–water partition coefficient (Wildman–Crippen LogP) is 2.09. The minimum atomic E-state index is 0.127. The molecule has 1 aromatic carbocycles. The van der Waals surface area contributed by atoms with Gasteiger partial charge in [-0.3, -0.25) is 0 Å². The zero-order chi connectivity index (χ0) is 15.2. The lowest BCUT2D eigenvalue weighted by molar-refractivity contribution is 0.412. The molecular formula is C16H20N4O. The molecular weight excluding hydrogens is 264 g/mol. The van der Waals surface area contributed by atoms with Crippen molar-refractivity contribution in [3.05, 3.63) is 47.5 Å². The van der Waals surface area contributed by atoms with Crippen molar-refractivity contribution in [3.63, 3.8) is 0 Å². The number of ether oxygens (including phenoxy) is 1. The average Bonchev–Trinajstić information content (AvgIpc) is 2.93. The lowest BCUT2D eigenvalue weighted by Crippen LogP contribution is -2.23. The van der Waals surface area contributed by atoms with Crippen LogP contribution in [0.1, 0.15) is 30.3 Å². The van der Waals surface area contributed by atoms with Gasteiger partial charge in [0.2, 0.25) is 0 Å². The molecule has 5 nitrogen and oxygen atoms in total. The fraction of sp³-hybridized carbons (Fsp3) is 0.375.